The number of nitrogens with zero attached hydrogens (tertiary/aromatic N) is 3. The fourth-order valence-electron chi connectivity index (χ4n) is 3.12. The molecule has 1 N–H and O–H groups in total. The van der Waals surface area contributed by atoms with Crippen LogP contribution >= 0.6 is 0 Å². The summed E-state index contributed by atoms with van der Waals surface area (Å²) in [7, 11) is 2.22. The topological polar surface area (TPSA) is 21.8 Å². The Balaban J connectivity index is 1.53. The third-order valence-electron chi connectivity index (χ3n) is 4.49. The van der Waals surface area contributed by atoms with Gasteiger partial charge in [0.15, 0.2) is 0 Å². The zero-order chi connectivity index (χ0) is 12.8. The summed E-state index contributed by atoms with van der Waals surface area (Å²) in [5.41, 5.74) is 0. The largest absolute Gasteiger partial charge is 0.314 e. The first-order valence-electron chi connectivity index (χ1n) is 7.65. The lowest BCUT2D eigenvalue weighted by molar-refractivity contribution is 0.153. The molecular weight excluding hydrogens is 224 g/mol. The number of hydrogen-bond donors (Lipinski definition) is 1. The smallest absolute Gasteiger partial charge is 0.0221 e. The molecule has 0 aromatic carbocycles. The quantitative estimate of drug-likeness (QED) is 0.689. The molecule has 2 aliphatic heterocycles. The van der Waals surface area contributed by atoms with Crippen molar-refractivity contribution in [2.24, 2.45) is 0 Å². The van der Waals surface area contributed by atoms with Crippen LogP contribution in [0.4, 0.5) is 0 Å². The van der Waals surface area contributed by atoms with Crippen LogP contribution in [0, 0.1) is 0 Å². The first-order valence-corrected chi connectivity index (χ1v) is 7.65. The molecule has 106 valence electrons. The monoisotopic (exact) mass is 254 g/mol. The van der Waals surface area contributed by atoms with Crippen molar-refractivity contribution in [3.63, 3.8) is 0 Å². The Kier molecular flexibility index (Phi) is 5.89. The lowest BCUT2D eigenvalue weighted by Crippen LogP contribution is -2.47. The number of rotatable bonds is 6. The van der Waals surface area contributed by atoms with E-state index in [4.69, 9.17) is 0 Å². The number of hydrogen-bond acceptors (Lipinski definition) is 4. The van der Waals surface area contributed by atoms with Crippen molar-refractivity contribution in [3.05, 3.63) is 0 Å². The molecule has 0 aromatic rings. The second kappa shape index (κ2) is 7.43. The molecule has 4 nitrogen and oxygen atoms in total. The molecule has 2 fully saturated rings. The Morgan fingerprint density at radius 3 is 2.61 bits per heavy atom. The Labute approximate surface area is 112 Å². The fourth-order valence-corrected chi connectivity index (χ4v) is 3.12. The van der Waals surface area contributed by atoms with E-state index < -0.39 is 0 Å². The van der Waals surface area contributed by atoms with E-state index in [2.05, 4.69) is 34.0 Å². The first kappa shape index (κ1) is 14.3. The summed E-state index contributed by atoms with van der Waals surface area (Å²) in [5, 5.41) is 3.65. The average Bonchev–Trinajstić information content (AvgIpc) is 2.84. The molecule has 2 heterocycles. The summed E-state index contributed by atoms with van der Waals surface area (Å²) in [6.07, 6.45) is 2.77. The van der Waals surface area contributed by atoms with Gasteiger partial charge in [-0.05, 0) is 33.0 Å². The summed E-state index contributed by atoms with van der Waals surface area (Å²) in [6.45, 7) is 13.3. The van der Waals surface area contributed by atoms with Crippen LogP contribution in [0.1, 0.15) is 19.8 Å². The van der Waals surface area contributed by atoms with E-state index in [9.17, 15) is 0 Å². The normalized spacial score (nSPS) is 28.0. The number of piperazine rings is 1. The van der Waals surface area contributed by atoms with Crippen LogP contribution in [-0.2, 0) is 0 Å². The lowest BCUT2D eigenvalue weighted by atomic mass is 10.2. The van der Waals surface area contributed by atoms with Crippen LogP contribution in [0.5, 0.6) is 0 Å². The van der Waals surface area contributed by atoms with Gasteiger partial charge in [-0.3, -0.25) is 9.80 Å². The van der Waals surface area contributed by atoms with Crippen LogP contribution in [0.25, 0.3) is 0 Å². The molecule has 2 aliphatic rings. The molecule has 2 saturated heterocycles. The molecule has 2 rings (SSSR count). The van der Waals surface area contributed by atoms with Gasteiger partial charge in [-0.25, -0.2) is 0 Å². The molecular formula is C14H30N4. The summed E-state index contributed by atoms with van der Waals surface area (Å²) < 4.78 is 0. The minimum absolute atomic E-state index is 0.794. The van der Waals surface area contributed by atoms with Crippen molar-refractivity contribution >= 4 is 0 Å². The van der Waals surface area contributed by atoms with Gasteiger partial charge in [-0.15, -0.1) is 0 Å². The molecule has 0 aliphatic carbocycles. The Morgan fingerprint density at radius 2 is 1.89 bits per heavy atom. The minimum atomic E-state index is 0.794. The van der Waals surface area contributed by atoms with E-state index in [0.29, 0.717) is 0 Å². The van der Waals surface area contributed by atoms with Crippen molar-refractivity contribution in [1.82, 2.24) is 20.0 Å². The fraction of sp³-hybridized carbons (Fsp3) is 1.00. The van der Waals surface area contributed by atoms with Crippen LogP contribution in [-0.4, -0.2) is 86.7 Å². The highest BCUT2D eigenvalue weighted by molar-refractivity contribution is 4.80. The zero-order valence-electron chi connectivity index (χ0n) is 12.2. The van der Waals surface area contributed by atoms with E-state index in [0.717, 1.165) is 12.6 Å². The SMILES string of the molecule is CCN1CCCC1CNCCN1CCN(C)CC1. The summed E-state index contributed by atoms with van der Waals surface area (Å²) in [4.78, 5) is 7.61. The third kappa shape index (κ3) is 4.19. The molecule has 0 spiro atoms. The lowest BCUT2D eigenvalue weighted by Gasteiger charge is -2.32. The highest BCUT2D eigenvalue weighted by Gasteiger charge is 2.22. The van der Waals surface area contributed by atoms with Crippen molar-refractivity contribution in [1.29, 1.82) is 0 Å². The van der Waals surface area contributed by atoms with Gasteiger partial charge in [0.1, 0.15) is 0 Å². The second-order valence-electron chi connectivity index (χ2n) is 5.77. The highest BCUT2D eigenvalue weighted by Crippen LogP contribution is 2.15. The maximum atomic E-state index is 3.65. The van der Waals surface area contributed by atoms with Gasteiger partial charge in [-0.1, -0.05) is 6.92 Å². The number of likely N-dealkylation sites (N-methyl/N-ethyl adjacent to an activating group) is 2. The Bertz CT molecular complexity index is 226. The predicted molar refractivity (Wildman–Crippen MR) is 77.1 cm³/mol. The predicted octanol–water partition coefficient (Wildman–Crippen LogP) is 0.308. The molecule has 0 aromatic heterocycles. The van der Waals surface area contributed by atoms with Gasteiger partial charge >= 0.3 is 0 Å². The van der Waals surface area contributed by atoms with Crippen LogP contribution < -0.4 is 5.32 Å². The van der Waals surface area contributed by atoms with Crippen molar-refractivity contribution < 1.29 is 0 Å². The molecule has 1 atom stereocenters. The number of likely N-dealkylation sites (tertiary alicyclic amines) is 1. The van der Waals surface area contributed by atoms with Crippen LogP contribution in [0.15, 0.2) is 0 Å². The van der Waals surface area contributed by atoms with E-state index in [-0.39, 0.29) is 0 Å². The van der Waals surface area contributed by atoms with Crippen molar-refractivity contribution in [2.45, 2.75) is 25.8 Å². The minimum Gasteiger partial charge on any atom is -0.314 e. The highest BCUT2D eigenvalue weighted by atomic mass is 15.3. The molecule has 1 unspecified atom stereocenters. The molecule has 0 amide bonds. The third-order valence-corrected chi connectivity index (χ3v) is 4.49. The maximum Gasteiger partial charge on any atom is 0.0221 e. The standard InChI is InChI=1S/C14H30N4/c1-3-18-7-4-5-14(18)13-15-6-8-17-11-9-16(2)10-12-17/h14-15H,3-13H2,1-2H3. The van der Waals surface area contributed by atoms with E-state index in [1.54, 1.807) is 0 Å². The summed E-state index contributed by atoms with van der Waals surface area (Å²) >= 11 is 0. The van der Waals surface area contributed by atoms with Gasteiger partial charge < -0.3 is 10.2 Å². The van der Waals surface area contributed by atoms with Gasteiger partial charge in [0.05, 0.1) is 0 Å². The van der Waals surface area contributed by atoms with E-state index in [1.165, 1.54) is 65.2 Å². The Hall–Kier alpha value is -0.160. The van der Waals surface area contributed by atoms with Crippen molar-refractivity contribution in [3.8, 4) is 0 Å². The summed E-state index contributed by atoms with van der Waals surface area (Å²) in [5.74, 6) is 0. The molecule has 0 radical (unpaired) electrons. The average molecular weight is 254 g/mol. The van der Waals surface area contributed by atoms with Gasteiger partial charge in [0.25, 0.3) is 0 Å². The van der Waals surface area contributed by atoms with Gasteiger partial charge in [-0.2, -0.15) is 0 Å². The zero-order valence-corrected chi connectivity index (χ0v) is 12.2. The summed E-state index contributed by atoms with van der Waals surface area (Å²) in [6, 6.07) is 0.794. The van der Waals surface area contributed by atoms with Crippen LogP contribution in [0.3, 0.4) is 0 Å². The maximum absolute atomic E-state index is 3.65. The van der Waals surface area contributed by atoms with Gasteiger partial charge in [0, 0.05) is 51.9 Å². The molecule has 0 saturated carbocycles. The van der Waals surface area contributed by atoms with E-state index >= 15 is 0 Å². The first-order chi connectivity index (χ1) is 8.79. The van der Waals surface area contributed by atoms with Crippen molar-refractivity contribution in [2.75, 3.05) is 66.0 Å². The number of nitrogens with one attached hydrogen (secondary N) is 1. The van der Waals surface area contributed by atoms with E-state index in [1.807, 2.05) is 0 Å². The second-order valence-corrected chi connectivity index (χ2v) is 5.77. The molecule has 4 heteroatoms. The van der Waals surface area contributed by atoms with Gasteiger partial charge in [0.2, 0.25) is 0 Å². The Morgan fingerprint density at radius 1 is 1.11 bits per heavy atom. The van der Waals surface area contributed by atoms with Crippen LogP contribution in [0.2, 0.25) is 0 Å². The molecule has 18 heavy (non-hydrogen) atoms. The molecule has 0 bridgehead atoms.